The molecule has 1 saturated heterocycles. The molecule has 1 aliphatic rings. The Balaban J connectivity index is 1.82. The number of nitrogens with zero attached hydrogens (tertiary/aromatic N) is 3. The van der Waals surface area contributed by atoms with Gasteiger partial charge in [0.1, 0.15) is 22.9 Å². The topological polar surface area (TPSA) is 67.3 Å². The predicted octanol–water partition coefficient (Wildman–Crippen LogP) is 2.94. The van der Waals surface area contributed by atoms with Crippen LogP contribution in [0.2, 0.25) is 5.15 Å². The Hall–Kier alpha value is -1.56. The average Bonchev–Trinajstić information content (AvgIpc) is 2.37. The van der Waals surface area contributed by atoms with Gasteiger partial charge in [0.05, 0.1) is 0 Å². The molecule has 116 valence electrons. The number of hydrogen-bond acceptors (Lipinski definition) is 5. The Bertz CT molecular complexity index is 496. The fourth-order valence-electron chi connectivity index (χ4n) is 2.15. The summed E-state index contributed by atoms with van der Waals surface area (Å²) in [6, 6.07) is 1.97. The molecule has 0 bridgehead atoms. The lowest BCUT2D eigenvalue weighted by Gasteiger charge is -2.33. The summed E-state index contributed by atoms with van der Waals surface area (Å²) in [6.45, 7) is 6.96. The molecule has 0 saturated carbocycles. The third-order valence-electron chi connectivity index (χ3n) is 3.13. The molecule has 1 amide bonds. The number of rotatable bonds is 2. The van der Waals surface area contributed by atoms with Crippen molar-refractivity contribution >= 4 is 23.5 Å². The van der Waals surface area contributed by atoms with E-state index < -0.39 is 5.60 Å². The number of piperidine rings is 1. The third kappa shape index (κ3) is 5.04. The Morgan fingerprint density at radius 1 is 1.38 bits per heavy atom. The van der Waals surface area contributed by atoms with Crippen molar-refractivity contribution in [1.29, 1.82) is 0 Å². The number of hydrogen-bond donors (Lipinski definition) is 1. The summed E-state index contributed by atoms with van der Waals surface area (Å²) in [5.41, 5.74) is -0.454. The van der Waals surface area contributed by atoms with Crippen molar-refractivity contribution in [2.45, 2.75) is 45.3 Å². The van der Waals surface area contributed by atoms with Crippen LogP contribution in [0.1, 0.15) is 33.6 Å². The molecule has 0 spiro atoms. The second-order valence-corrected chi connectivity index (χ2v) is 6.50. The zero-order valence-corrected chi connectivity index (χ0v) is 13.4. The van der Waals surface area contributed by atoms with E-state index in [1.807, 2.05) is 20.8 Å². The van der Waals surface area contributed by atoms with Crippen molar-refractivity contribution in [2.24, 2.45) is 0 Å². The highest BCUT2D eigenvalue weighted by Gasteiger charge is 2.26. The van der Waals surface area contributed by atoms with Crippen LogP contribution in [0.5, 0.6) is 0 Å². The van der Waals surface area contributed by atoms with E-state index in [4.69, 9.17) is 16.3 Å². The number of nitrogens with one attached hydrogen (secondary N) is 1. The Morgan fingerprint density at radius 3 is 2.62 bits per heavy atom. The molecule has 21 heavy (non-hydrogen) atoms. The molecular weight excluding hydrogens is 292 g/mol. The minimum absolute atomic E-state index is 0.244. The lowest BCUT2D eigenvalue weighted by atomic mass is 10.1. The van der Waals surface area contributed by atoms with Gasteiger partial charge in [-0.15, -0.1) is 0 Å². The van der Waals surface area contributed by atoms with Gasteiger partial charge in [-0.2, -0.15) is 0 Å². The second-order valence-electron chi connectivity index (χ2n) is 6.11. The number of amides is 1. The maximum absolute atomic E-state index is 12.0. The minimum atomic E-state index is -0.454. The van der Waals surface area contributed by atoms with Gasteiger partial charge in [-0.1, -0.05) is 11.6 Å². The van der Waals surface area contributed by atoms with Gasteiger partial charge in [0.25, 0.3) is 0 Å². The molecule has 0 aliphatic carbocycles. The molecule has 1 N–H and O–H groups in total. The quantitative estimate of drug-likeness (QED) is 0.850. The molecule has 1 aliphatic heterocycles. The van der Waals surface area contributed by atoms with Gasteiger partial charge in [0.2, 0.25) is 0 Å². The van der Waals surface area contributed by atoms with Gasteiger partial charge in [-0.05, 0) is 33.6 Å². The first kappa shape index (κ1) is 15.8. The van der Waals surface area contributed by atoms with E-state index in [-0.39, 0.29) is 12.1 Å². The van der Waals surface area contributed by atoms with E-state index in [0.717, 1.165) is 12.8 Å². The highest BCUT2D eigenvalue weighted by atomic mass is 35.5. The van der Waals surface area contributed by atoms with Crippen molar-refractivity contribution in [3.05, 3.63) is 17.5 Å². The molecule has 0 aromatic carbocycles. The number of carbonyl (C=O) groups excluding carboxylic acids is 1. The molecule has 7 heteroatoms. The van der Waals surface area contributed by atoms with Gasteiger partial charge < -0.3 is 15.0 Å². The first-order valence-electron chi connectivity index (χ1n) is 7.05. The molecule has 2 rings (SSSR count). The molecule has 1 aromatic heterocycles. The van der Waals surface area contributed by atoms with Crippen LogP contribution < -0.4 is 5.32 Å². The minimum Gasteiger partial charge on any atom is -0.444 e. The van der Waals surface area contributed by atoms with Crippen molar-refractivity contribution in [2.75, 3.05) is 18.4 Å². The monoisotopic (exact) mass is 312 g/mol. The van der Waals surface area contributed by atoms with Crippen LogP contribution in [0.4, 0.5) is 10.6 Å². The highest BCUT2D eigenvalue weighted by molar-refractivity contribution is 6.29. The summed E-state index contributed by atoms with van der Waals surface area (Å²) in [7, 11) is 0. The summed E-state index contributed by atoms with van der Waals surface area (Å²) < 4.78 is 5.37. The third-order valence-corrected chi connectivity index (χ3v) is 3.34. The zero-order chi connectivity index (χ0) is 15.5. The first-order chi connectivity index (χ1) is 9.83. The summed E-state index contributed by atoms with van der Waals surface area (Å²) in [4.78, 5) is 21.7. The number of anilines is 1. The summed E-state index contributed by atoms with van der Waals surface area (Å²) in [5.74, 6) is 0.714. The number of halogens is 1. The standard InChI is InChI=1S/C14H21ClN4O2/c1-14(2,3)21-13(20)19-6-4-10(5-7-19)18-12-8-11(15)16-9-17-12/h8-10H,4-7H2,1-3H3,(H,16,17,18). The molecule has 0 atom stereocenters. The fraction of sp³-hybridized carbons (Fsp3) is 0.643. The van der Waals surface area contributed by atoms with Gasteiger partial charge in [0, 0.05) is 25.2 Å². The van der Waals surface area contributed by atoms with Crippen molar-refractivity contribution < 1.29 is 9.53 Å². The van der Waals surface area contributed by atoms with Crippen LogP contribution >= 0.6 is 11.6 Å². The second kappa shape index (κ2) is 6.47. The maximum Gasteiger partial charge on any atom is 0.410 e. The van der Waals surface area contributed by atoms with Crippen molar-refractivity contribution in [3.63, 3.8) is 0 Å². The predicted molar refractivity (Wildman–Crippen MR) is 81.5 cm³/mol. The smallest absolute Gasteiger partial charge is 0.410 e. The van der Waals surface area contributed by atoms with Crippen LogP contribution in [0.15, 0.2) is 12.4 Å². The Kier molecular flexibility index (Phi) is 4.88. The molecule has 1 fully saturated rings. The van der Waals surface area contributed by atoms with Crippen molar-refractivity contribution in [1.82, 2.24) is 14.9 Å². The summed E-state index contributed by atoms with van der Waals surface area (Å²) in [5, 5.41) is 3.73. The SMILES string of the molecule is CC(C)(C)OC(=O)N1CCC(Nc2cc(Cl)ncn2)CC1. The van der Waals surface area contributed by atoms with Gasteiger partial charge >= 0.3 is 6.09 Å². The van der Waals surface area contributed by atoms with Gasteiger partial charge in [-0.25, -0.2) is 14.8 Å². The first-order valence-corrected chi connectivity index (χ1v) is 7.43. The summed E-state index contributed by atoms with van der Waals surface area (Å²) >= 11 is 5.83. The van der Waals surface area contributed by atoms with Gasteiger partial charge in [-0.3, -0.25) is 0 Å². The van der Waals surface area contributed by atoms with Crippen LogP contribution in [0, 0.1) is 0 Å². The van der Waals surface area contributed by atoms with Crippen molar-refractivity contribution in [3.8, 4) is 0 Å². The lowest BCUT2D eigenvalue weighted by molar-refractivity contribution is 0.0210. The van der Waals surface area contributed by atoms with E-state index in [9.17, 15) is 4.79 Å². The Morgan fingerprint density at radius 2 is 2.05 bits per heavy atom. The van der Waals surface area contributed by atoms with Gasteiger partial charge in [0.15, 0.2) is 0 Å². The number of likely N-dealkylation sites (tertiary alicyclic amines) is 1. The zero-order valence-electron chi connectivity index (χ0n) is 12.6. The van der Waals surface area contributed by atoms with E-state index in [2.05, 4.69) is 15.3 Å². The van der Waals surface area contributed by atoms with Crippen LogP contribution in [0.3, 0.4) is 0 Å². The molecule has 1 aromatic rings. The molecule has 6 nitrogen and oxygen atoms in total. The van der Waals surface area contributed by atoms with Crippen LogP contribution in [-0.4, -0.2) is 45.7 Å². The number of carbonyl (C=O) groups is 1. The molecule has 2 heterocycles. The van der Waals surface area contributed by atoms with E-state index >= 15 is 0 Å². The van der Waals surface area contributed by atoms with Crippen LogP contribution in [-0.2, 0) is 4.74 Å². The maximum atomic E-state index is 12.0. The fourth-order valence-corrected chi connectivity index (χ4v) is 2.30. The number of ether oxygens (including phenoxy) is 1. The average molecular weight is 313 g/mol. The largest absolute Gasteiger partial charge is 0.444 e. The lowest BCUT2D eigenvalue weighted by Crippen LogP contribution is -2.44. The van der Waals surface area contributed by atoms with Crippen LogP contribution in [0.25, 0.3) is 0 Å². The highest BCUT2D eigenvalue weighted by Crippen LogP contribution is 2.18. The summed E-state index contributed by atoms with van der Waals surface area (Å²) in [6.07, 6.45) is 2.88. The van der Waals surface area contributed by atoms with E-state index in [0.29, 0.717) is 24.1 Å². The van der Waals surface area contributed by atoms with E-state index in [1.165, 1.54) is 6.33 Å². The molecule has 0 radical (unpaired) electrons. The molecule has 0 unspecified atom stereocenters. The van der Waals surface area contributed by atoms with E-state index in [1.54, 1.807) is 11.0 Å². The normalized spacial score (nSPS) is 16.7. The Labute approximate surface area is 129 Å². The number of aromatic nitrogens is 2. The molecular formula is C14H21ClN4O2.